The Bertz CT molecular complexity index is 1260. The predicted molar refractivity (Wildman–Crippen MR) is 135 cm³/mol. The number of urea groups is 1. The van der Waals surface area contributed by atoms with Crippen LogP contribution in [0.1, 0.15) is 31.4 Å². The number of para-hydroxylation sites is 1. The lowest BCUT2D eigenvalue weighted by molar-refractivity contribution is -0.134. The van der Waals surface area contributed by atoms with E-state index in [1.54, 1.807) is 14.0 Å². The molecule has 9 heteroatoms. The summed E-state index contributed by atoms with van der Waals surface area (Å²) in [6.07, 6.45) is 0.430. The van der Waals surface area contributed by atoms with Crippen molar-refractivity contribution in [2.75, 3.05) is 18.6 Å². The number of carbonyl (C=O) groups is 3. The number of methoxy groups -OCH3 is 1. The highest BCUT2D eigenvalue weighted by Gasteiger charge is 2.47. The summed E-state index contributed by atoms with van der Waals surface area (Å²) in [4.78, 5) is 46.2. The van der Waals surface area contributed by atoms with Crippen LogP contribution >= 0.6 is 11.3 Å². The second-order valence-electron chi connectivity index (χ2n) is 8.68. The maximum absolute atomic E-state index is 13.6. The van der Waals surface area contributed by atoms with Crippen LogP contribution in [0.2, 0.25) is 0 Å². The quantitative estimate of drug-likeness (QED) is 0.471. The lowest BCUT2D eigenvalue weighted by Gasteiger charge is -2.24. The highest BCUT2D eigenvalue weighted by Crippen LogP contribution is 2.31. The van der Waals surface area contributed by atoms with E-state index in [0.717, 1.165) is 27.3 Å². The normalized spacial score (nSPS) is 17.4. The van der Waals surface area contributed by atoms with Crippen LogP contribution in [0, 0.1) is 6.92 Å². The van der Waals surface area contributed by atoms with Gasteiger partial charge in [-0.15, -0.1) is 11.3 Å². The van der Waals surface area contributed by atoms with E-state index in [9.17, 15) is 14.4 Å². The van der Waals surface area contributed by atoms with Gasteiger partial charge in [0, 0.05) is 16.5 Å². The standard InChI is InChI=1S/C26H28N4O4S/c1-5-26(3)23(32)30(24(33)28-26)15-22(31)29(14-19-8-6-7-9-21(19)34-4)25-27-20(16-35-25)18-12-10-17(2)11-13-18/h6-13,16H,5,14-15H2,1-4H3,(H,28,33)/t26-/m0/s1. The monoisotopic (exact) mass is 492 g/mol. The third-order valence-corrected chi connectivity index (χ3v) is 7.10. The Labute approximate surface area is 208 Å². The molecule has 4 amide bonds. The number of hydrogen-bond donors (Lipinski definition) is 1. The molecule has 1 N–H and O–H groups in total. The lowest BCUT2D eigenvalue weighted by atomic mass is 9.99. The molecule has 3 aromatic rings. The first-order valence-corrected chi connectivity index (χ1v) is 12.2. The largest absolute Gasteiger partial charge is 0.496 e. The molecule has 182 valence electrons. The molecule has 0 unspecified atom stereocenters. The fourth-order valence-electron chi connectivity index (χ4n) is 3.86. The number of imide groups is 1. The molecule has 0 bridgehead atoms. The summed E-state index contributed by atoms with van der Waals surface area (Å²) < 4.78 is 5.47. The van der Waals surface area contributed by atoms with Gasteiger partial charge in [0.2, 0.25) is 5.91 Å². The van der Waals surface area contributed by atoms with Gasteiger partial charge in [-0.25, -0.2) is 9.78 Å². The minimum atomic E-state index is -1.01. The number of aryl methyl sites for hydroxylation is 1. The van der Waals surface area contributed by atoms with Gasteiger partial charge in [-0.2, -0.15) is 0 Å². The first-order valence-electron chi connectivity index (χ1n) is 11.3. The SMILES string of the molecule is CC[C@]1(C)NC(=O)N(CC(=O)N(Cc2ccccc2OC)c2nc(-c3ccc(C)cc3)cs2)C1=O. The number of nitrogens with zero attached hydrogens (tertiary/aromatic N) is 3. The van der Waals surface area contributed by atoms with Crippen molar-refractivity contribution in [1.82, 2.24) is 15.2 Å². The van der Waals surface area contributed by atoms with Crippen LogP contribution in [0.4, 0.5) is 9.93 Å². The Morgan fingerprint density at radius 1 is 1.17 bits per heavy atom. The molecule has 1 atom stereocenters. The van der Waals surface area contributed by atoms with Crippen LogP contribution in [0.25, 0.3) is 11.3 Å². The fraction of sp³-hybridized carbons (Fsp3) is 0.308. The van der Waals surface area contributed by atoms with Gasteiger partial charge in [0.25, 0.3) is 5.91 Å². The van der Waals surface area contributed by atoms with E-state index >= 15 is 0 Å². The molecule has 1 aromatic heterocycles. The maximum atomic E-state index is 13.6. The number of hydrogen-bond acceptors (Lipinski definition) is 6. The smallest absolute Gasteiger partial charge is 0.325 e. The second kappa shape index (κ2) is 9.87. The number of ether oxygens (including phenoxy) is 1. The molecule has 1 aliphatic heterocycles. The highest BCUT2D eigenvalue weighted by molar-refractivity contribution is 7.14. The maximum Gasteiger partial charge on any atom is 0.325 e. The minimum Gasteiger partial charge on any atom is -0.496 e. The van der Waals surface area contributed by atoms with E-state index in [-0.39, 0.29) is 13.1 Å². The van der Waals surface area contributed by atoms with Gasteiger partial charge in [-0.3, -0.25) is 19.4 Å². The van der Waals surface area contributed by atoms with Crippen molar-refractivity contribution in [3.05, 3.63) is 65.0 Å². The van der Waals surface area contributed by atoms with Crippen LogP contribution in [0.3, 0.4) is 0 Å². The number of aromatic nitrogens is 1. The van der Waals surface area contributed by atoms with Crippen molar-refractivity contribution in [1.29, 1.82) is 0 Å². The average Bonchev–Trinajstić information content (AvgIpc) is 3.42. The Hall–Kier alpha value is -3.72. The molecule has 0 saturated carbocycles. The molecule has 2 heterocycles. The Morgan fingerprint density at radius 2 is 1.89 bits per heavy atom. The Morgan fingerprint density at radius 3 is 2.54 bits per heavy atom. The molecule has 2 aromatic carbocycles. The lowest BCUT2D eigenvalue weighted by Crippen LogP contribution is -2.45. The van der Waals surface area contributed by atoms with Crippen LogP contribution in [-0.4, -0.2) is 46.9 Å². The molecule has 0 aliphatic carbocycles. The average molecular weight is 493 g/mol. The van der Waals surface area contributed by atoms with Crippen molar-refractivity contribution in [2.24, 2.45) is 0 Å². The van der Waals surface area contributed by atoms with Gasteiger partial charge in [0.05, 0.1) is 19.3 Å². The molecule has 0 radical (unpaired) electrons. The summed E-state index contributed by atoms with van der Waals surface area (Å²) in [5, 5.41) is 5.06. The number of rotatable bonds is 8. The summed E-state index contributed by atoms with van der Waals surface area (Å²) in [7, 11) is 1.57. The number of benzene rings is 2. The fourth-order valence-corrected chi connectivity index (χ4v) is 4.71. The zero-order chi connectivity index (χ0) is 25.2. The first-order chi connectivity index (χ1) is 16.8. The van der Waals surface area contributed by atoms with E-state index in [1.807, 2.05) is 67.8 Å². The molecule has 8 nitrogen and oxygen atoms in total. The topological polar surface area (TPSA) is 91.8 Å². The molecule has 0 spiro atoms. The number of carbonyl (C=O) groups excluding carboxylic acids is 3. The molecule has 1 saturated heterocycles. The molecule has 4 rings (SSSR count). The van der Waals surface area contributed by atoms with Gasteiger partial charge >= 0.3 is 6.03 Å². The highest BCUT2D eigenvalue weighted by atomic mass is 32.1. The van der Waals surface area contributed by atoms with Crippen molar-refractivity contribution < 1.29 is 19.1 Å². The van der Waals surface area contributed by atoms with Crippen LogP contribution in [0.15, 0.2) is 53.9 Å². The van der Waals surface area contributed by atoms with E-state index in [2.05, 4.69) is 5.32 Å². The minimum absolute atomic E-state index is 0.179. The predicted octanol–water partition coefficient (Wildman–Crippen LogP) is 4.38. The van der Waals surface area contributed by atoms with Crippen molar-refractivity contribution in [3.63, 3.8) is 0 Å². The zero-order valence-electron chi connectivity index (χ0n) is 20.2. The van der Waals surface area contributed by atoms with Crippen molar-refractivity contribution >= 4 is 34.3 Å². The summed E-state index contributed by atoms with van der Waals surface area (Å²) in [5.74, 6) is -0.186. The molecule has 1 fully saturated rings. The Balaban J connectivity index is 1.66. The van der Waals surface area contributed by atoms with Gasteiger partial charge in [0.15, 0.2) is 5.13 Å². The van der Waals surface area contributed by atoms with Crippen molar-refractivity contribution in [2.45, 2.75) is 39.3 Å². The van der Waals surface area contributed by atoms with Gasteiger partial charge in [-0.1, -0.05) is 55.0 Å². The molecular formula is C26H28N4O4S. The van der Waals surface area contributed by atoms with Gasteiger partial charge < -0.3 is 10.1 Å². The number of anilines is 1. The van der Waals surface area contributed by atoms with Gasteiger partial charge in [-0.05, 0) is 26.3 Å². The van der Waals surface area contributed by atoms with E-state index < -0.39 is 23.4 Å². The molecular weight excluding hydrogens is 464 g/mol. The third kappa shape index (κ3) is 4.90. The second-order valence-corrected chi connectivity index (χ2v) is 9.52. The summed E-state index contributed by atoms with van der Waals surface area (Å²) >= 11 is 1.33. The molecule has 35 heavy (non-hydrogen) atoms. The van der Waals surface area contributed by atoms with Gasteiger partial charge in [0.1, 0.15) is 17.8 Å². The van der Waals surface area contributed by atoms with E-state index in [1.165, 1.54) is 16.2 Å². The number of amides is 4. The first kappa shape index (κ1) is 24.4. The van der Waals surface area contributed by atoms with Crippen LogP contribution in [-0.2, 0) is 16.1 Å². The molecule has 1 aliphatic rings. The summed E-state index contributed by atoms with van der Waals surface area (Å²) in [6.45, 7) is 5.30. The van der Waals surface area contributed by atoms with E-state index in [4.69, 9.17) is 9.72 Å². The summed E-state index contributed by atoms with van der Waals surface area (Å²) in [6, 6.07) is 14.8. The van der Waals surface area contributed by atoms with Crippen LogP contribution in [0.5, 0.6) is 5.75 Å². The van der Waals surface area contributed by atoms with Crippen LogP contribution < -0.4 is 15.0 Å². The number of nitrogens with one attached hydrogen (secondary N) is 1. The van der Waals surface area contributed by atoms with E-state index in [0.29, 0.717) is 17.3 Å². The number of thiazole rings is 1. The van der Waals surface area contributed by atoms with Crippen molar-refractivity contribution in [3.8, 4) is 17.0 Å². The summed E-state index contributed by atoms with van der Waals surface area (Å²) in [5.41, 5.74) is 2.60. The third-order valence-electron chi connectivity index (χ3n) is 6.24. The Kier molecular flexibility index (Phi) is 6.88. The zero-order valence-corrected chi connectivity index (χ0v) is 21.0.